The van der Waals surface area contributed by atoms with Gasteiger partial charge in [0.05, 0.1) is 49.1 Å². The van der Waals surface area contributed by atoms with Crippen LogP contribution >= 0.6 is 0 Å². The summed E-state index contributed by atoms with van der Waals surface area (Å²) >= 11 is 0. The highest BCUT2D eigenvalue weighted by Crippen LogP contribution is 2.31. The number of rotatable bonds is 23. The van der Waals surface area contributed by atoms with Crippen LogP contribution in [0.25, 0.3) is 0 Å². The molecule has 2 atom stereocenters. The lowest BCUT2D eigenvalue weighted by molar-refractivity contribution is -0.388. The fraction of sp³-hybridized carbons (Fsp3) is 0.619. The number of para-hydroxylation sites is 2. The van der Waals surface area contributed by atoms with Crippen LogP contribution in [0.2, 0.25) is 0 Å². The summed E-state index contributed by atoms with van der Waals surface area (Å²) in [4.78, 5) is 74.1. The lowest BCUT2D eigenvalue weighted by Gasteiger charge is -2.32. The zero-order valence-corrected chi connectivity index (χ0v) is 41.0. The topological polar surface area (TPSA) is 285 Å². The summed E-state index contributed by atoms with van der Waals surface area (Å²) in [6.45, 7) is 15.5. The third-order valence-corrected chi connectivity index (χ3v) is 12.1. The molecule has 22 nitrogen and oxygen atoms in total. The van der Waals surface area contributed by atoms with Gasteiger partial charge < -0.3 is 28.4 Å². The van der Waals surface area contributed by atoms with Gasteiger partial charge in [0.1, 0.15) is 34.5 Å². The van der Waals surface area contributed by atoms with E-state index >= 15 is 0 Å². The van der Waals surface area contributed by atoms with Crippen LogP contribution in [0.15, 0.2) is 58.3 Å². The van der Waals surface area contributed by atoms with Gasteiger partial charge in [-0.25, -0.2) is 16.8 Å². The molecule has 0 aliphatic carbocycles. The fourth-order valence-corrected chi connectivity index (χ4v) is 9.29. The molecule has 0 aliphatic heterocycles. The van der Waals surface area contributed by atoms with E-state index in [0.29, 0.717) is 8.61 Å². The molecule has 2 aromatic carbocycles. The third kappa shape index (κ3) is 18.3. The molecule has 0 radical (unpaired) electrons. The summed E-state index contributed by atoms with van der Waals surface area (Å²) in [6, 6.07) is 5.03. The first-order valence-corrected chi connectivity index (χ1v) is 23.5. The van der Waals surface area contributed by atoms with Crippen molar-refractivity contribution >= 4 is 55.3 Å². The zero-order chi connectivity index (χ0) is 50.6. The minimum Gasteiger partial charge on any atom is -0.460 e. The van der Waals surface area contributed by atoms with E-state index in [0.717, 1.165) is 24.3 Å². The molecule has 2 rings (SSSR count). The Kier molecular flexibility index (Phi) is 19.9. The molecule has 0 aliphatic rings. The molecule has 0 saturated carbocycles. The van der Waals surface area contributed by atoms with Crippen LogP contribution in [0.3, 0.4) is 0 Å². The van der Waals surface area contributed by atoms with E-state index in [2.05, 4.69) is 0 Å². The van der Waals surface area contributed by atoms with Crippen molar-refractivity contribution in [1.29, 1.82) is 0 Å². The molecule has 0 N–H and O–H groups in total. The Bertz CT molecular complexity index is 2120. The van der Waals surface area contributed by atoms with Crippen molar-refractivity contribution in [2.75, 3.05) is 39.5 Å². The predicted molar refractivity (Wildman–Crippen MR) is 236 cm³/mol. The average Bonchev–Trinajstić information content (AvgIpc) is 3.14. The molecule has 0 heterocycles. The lowest BCUT2D eigenvalue weighted by atomic mass is 10.1. The van der Waals surface area contributed by atoms with E-state index in [4.69, 9.17) is 28.4 Å². The van der Waals surface area contributed by atoms with Crippen LogP contribution in [-0.2, 0) is 67.6 Å². The molecule has 0 fully saturated rings. The van der Waals surface area contributed by atoms with Crippen molar-refractivity contribution in [3.05, 3.63) is 68.8 Å². The van der Waals surface area contributed by atoms with Gasteiger partial charge in [-0.05, 0) is 95.2 Å². The smallest absolute Gasteiger partial charge is 0.325 e. The van der Waals surface area contributed by atoms with Gasteiger partial charge in [0.15, 0.2) is 9.79 Å². The number of nitro benzene ring substituents is 2. The van der Waals surface area contributed by atoms with Gasteiger partial charge in [0.2, 0.25) is 0 Å². The number of carbonyl (C=O) groups excluding carboxylic acids is 4. The maximum absolute atomic E-state index is 14.3. The average molecular weight is 975 g/mol. The second kappa shape index (κ2) is 23.0. The molecule has 24 heteroatoms. The van der Waals surface area contributed by atoms with E-state index in [1.54, 1.807) is 41.5 Å². The van der Waals surface area contributed by atoms with Crippen molar-refractivity contribution in [3.63, 3.8) is 0 Å². The monoisotopic (exact) mass is 974 g/mol. The summed E-state index contributed by atoms with van der Waals surface area (Å²) < 4.78 is 91.3. The Morgan fingerprint density at radius 2 is 0.803 bits per heavy atom. The third-order valence-electron chi connectivity index (χ3n) is 8.19. The van der Waals surface area contributed by atoms with E-state index < -0.39 is 149 Å². The number of hydrogen-bond acceptors (Lipinski definition) is 18. The number of hydrogen-bond donors (Lipinski definition) is 0. The number of nitrogens with zero attached hydrogens (tertiary/aromatic N) is 4. The van der Waals surface area contributed by atoms with Gasteiger partial charge in [0.25, 0.3) is 31.4 Å². The van der Waals surface area contributed by atoms with Gasteiger partial charge in [0, 0.05) is 25.2 Å². The van der Waals surface area contributed by atoms with Gasteiger partial charge in [-0.1, -0.05) is 24.3 Å². The first-order chi connectivity index (χ1) is 30.1. The summed E-state index contributed by atoms with van der Waals surface area (Å²) in [7, 11) is -9.94. The fourth-order valence-electron chi connectivity index (χ4n) is 5.85. The highest BCUT2D eigenvalue weighted by Gasteiger charge is 2.44. The van der Waals surface area contributed by atoms with Crippen molar-refractivity contribution in [1.82, 2.24) is 8.61 Å². The molecule has 0 amide bonds. The molecular formula is C42H62N4O18S2. The van der Waals surface area contributed by atoms with E-state index in [-0.39, 0.29) is 13.2 Å². The van der Waals surface area contributed by atoms with Crippen LogP contribution in [-0.4, -0.2) is 133 Å². The number of sulfonamides is 2. The highest BCUT2D eigenvalue weighted by atomic mass is 32.2. The van der Waals surface area contributed by atoms with Crippen LogP contribution in [0.5, 0.6) is 0 Å². The van der Waals surface area contributed by atoms with Gasteiger partial charge in [-0.3, -0.25) is 39.4 Å². The van der Waals surface area contributed by atoms with Crippen LogP contribution in [0, 0.1) is 20.2 Å². The molecule has 0 spiro atoms. The Labute approximate surface area is 385 Å². The minimum atomic E-state index is -4.97. The number of carbonyl (C=O) groups is 4. The summed E-state index contributed by atoms with van der Waals surface area (Å²) in [5.74, 6) is -4.27. The second-order valence-electron chi connectivity index (χ2n) is 18.6. The zero-order valence-electron chi connectivity index (χ0n) is 39.4. The minimum absolute atomic E-state index is 0.313. The predicted octanol–water partition coefficient (Wildman–Crippen LogP) is 5.10. The molecule has 2 aromatic rings. The molecule has 0 saturated heterocycles. The number of nitro groups is 2. The van der Waals surface area contributed by atoms with Crippen molar-refractivity contribution in [2.45, 2.75) is 140 Å². The summed E-state index contributed by atoms with van der Waals surface area (Å²) in [6.07, 6.45) is -1.70. The van der Waals surface area contributed by atoms with Crippen molar-refractivity contribution < 1.29 is 74.3 Å². The number of benzene rings is 2. The molecule has 2 unspecified atom stereocenters. The summed E-state index contributed by atoms with van der Waals surface area (Å²) in [5, 5.41) is 23.9. The first-order valence-electron chi connectivity index (χ1n) is 20.6. The van der Waals surface area contributed by atoms with Gasteiger partial charge in [-0.2, -0.15) is 8.61 Å². The Morgan fingerprint density at radius 1 is 0.515 bits per heavy atom. The normalized spacial score (nSPS) is 13.7. The van der Waals surface area contributed by atoms with E-state index in [1.165, 1.54) is 65.8 Å². The maximum atomic E-state index is 14.3. The largest absolute Gasteiger partial charge is 0.460 e. The molecule has 370 valence electrons. The number of ether oxygens (including phenoxy) is 6. The molecule has 66 heavy (non-hydrogen) atoms. The molecule has 0 bridgehead atoms. The standard InChI is InChI=1S/C42H62N4O18S2/c1-39(2,3)61-35(47)27-31(37(49)63-41(7,8)9)43(65(55,56)33-19-15-13-17-29(33)45(51)52)21-23-59-25-26-60-24-22-44(66(57,58)34-20-16-14-18-30(34)46(53)54)32(38(50)64-42(10,11)12)28-36(48)62-40(4,5)6/h13-20,31-32H,21-28H2,1-12H3. The van der Waals surface area contributed by atoms with Crippen molar-refractivity contribution in [3.8, 4) is 0 Å². The second-order valence-corrected chi connectivity index (χ2v) is 22.3. The Balaban J connectivity index is 2.47. The quantitative estimate of drug-likeness (QED) is 0.0460. The lowest BCUT2D eigenvalue weighted by Crippen LogP contribution is -2.50. The molecule has 0 aromatic heterocycles. The van der Waals surface area contributed by atoms with Crippen LogP contribution in [0.1, 0.15) is 95.9 Å². The molecular weight excluding hydrogens is 913 g/mol. The Morgan fingerprint density at radius 3 is 1.08 bits per heavy atom. The van der Waals surface area contributed by atoms with Crippen molar-refractivity contribution in [2.24, 2.45) is 0 Å². The maximum Gasteiger partial charge on any atom is 0.325 e. The van der Waals surface area contributed by atoms with Gasteiger partial charge in [-0.15, -0.1) is 0 Å². The first kappa shape index (κ1) is 57.0. The Hall–Kier alpha value is -5.14. The SMILES string of the molecule is CC(C)(C)OC(=O)CC(C(=O)OC(C)(C)C)N(CCOCCOCCN(C(CC(=O)OC(C)(C)C)C(=O)OC(C)(C)C)S(=O)(=O)c1ccccc1[N+](=O)[O-])S(=O)(=O)c1ccccc1[N+](=O)[O-]. The van der Waals surface area contributed by atoms with Gasteiger partial charge >= 0.3 is 23.9 Å². The van der Waals surface area contributed by atoms with E-state index in [1.807, 2.05) is 0 Å². The van der Waals surface area contributed by atoms with Crippen LogP contribution in [0.4, 0.5) is 11.4 Å². The van der Waals surface area contributed by atoms with E-state index in [9.17, 15) is 56.2 Å². The number of esters is 4. The highest BCUT2D eigenvalue weighted by molar-refractivity contribution is 7.89. The van der Waals surface area contributed by atoms with Crippen LogP contribution < -0.4 is 0 Å². The summed E-state index contributed by atoms with van der Waals surface area (Å²) in [5.41, 5.74) is -6.05.